The van der Waals surface area contributed by atoms with E-state index in [2.05, 4.69) is 40.9 Å². The minimum atomic E-state index is -5.80. The van der Waals surface area contributed by atoms with Gasteiger partial charge in [0.2, 0.25) is 0 Å². The molecule has 0 atom stereocenters. The largest absolute Gasteiger partial charge is 0.505 e. The van der Waals surface area contributed by atoms with Crippen molar-refractivity contribution >= 4 is 164 Å². The second kappa shape index (κ2) is 21.8. The summed E-state index contributed by atoms with van der Waals surface area (Å²) in [6.45, 7) is 0. The van der Waals surface area contributed by atoms with Crippen LogP contribution in [0.2, 0.25) is 0 Å². The van der Waals surface area contributed by atoms with E-state index >= 15 is 0 Å². The lowest BCUT2D eigenvalue weighted by atomic mass is 10.0. The lowest BCUT2D eigenvalue weighted by molar-refractivity contribution is 0.471. The van der Waals surface area contributed by atoms with E-state index in [1.54, 1.807) is 0 Å². The molecular weight excluding hydrogens is 1310 g/mol. The zero-order valence-corrected chi connectivity index (χ0v) is 48.7. The summed E-state index contributed by atoms with van der Waals surface area (Å²) in [6, 6.07) is 13.0. The van der Waals surface area contributed by atoms with Crippen molar-refractivity contribution in [1.82, 2.24) is 0 Å². The Morgan fingerprint density at radius 1 is 0.326 bits per heavy atom. The fraction of sp³-hybridized carbons (Fsp3) is 0.0455. The minimum Gasteiger partial charge on any atom is -0.505 e. The van der Waals surface area contributed by atoms with Crippen LogP contribution in [0.4, 0.5) is 51.2 Å². The predicted molar refractivity (Wildman–Crippen MR) is 296 cm³/mol. The third-order valence-corrected chi connectivity index (χ3v) is 19.5. The van der Waals surface area contributed by atoms with Gasteiger partial charge in [-0.1, -0.05) is 0 Å². The number of phenols is 3. The number of fused-ring (bicyclic) bond motifs is 3. The fourth-order valence-corrected chi connectivity index (χ4v) is 13.6. The van der Waals surface area contributed by atoms with Gasteiger partial charge >= 0.3 is 0 Å². The van der Waals surface area contributed by atoms with Crippen LogP contribution in [0.1, 0.15) is 0 Å². The Morgan fingerprint density at radius 2 is 0.640 bits per heavy atom. The molecule has 0 aliphatic rings. The van der Waals surface area contributed by atoms with Crippen LogP contribution >= 0.6 is 0 Å². The number of rotatable bonds is 16. The number of nitrogens with zero attached hydrogens (tertiary/aromatic N) is 8. The number of hydrogen-bond donors (Lipinski definition) is 10. The van der Waals surface area contributed by atoms with Gasteiger partial charge in [0.25, 0.3) is 60.7 Å². The van der Waals surface area contributed by atoms with Gasteiger partial charge in [-0.25, -0.2) is 16.8 Å². The van der Waals surface area contributed by atoms with Crippen LogP contribution in [-0.2, 0) is 80.4 Å². The van der Waals surface area contributed by atoms with E-state index in [1.165, 1.54) is 0 Å². The van der Waals surface area contributed by atoms with E-state index in [0.717, 1.165) is 73.2 Å². The van der Waals surface area contributed by atoms with Crippen molar-refractivity contribution in [3.63, 3.8) is 0 Å². The van der Waals surface area contributed by atoms with Gasteiger partial charge < -0.3 is 21.1 Å². The summed E-state index contributed by atoms with van der Waals surface area (Å²) in [5.74, 6) is -4.08. The number of azo groups is 4. The summed E-state index contributed by atoms with van der Waals surface area (Å²) < 4.78 is 264. The van der Waals surface area contributed by atoms with Crippen LogP contribution in [0, 0.1) is 0 Å². The third kappa shape index (κ3) is 12.7. The fourth-order valence-electron chi connectivity index (χ4n) is 8.09. The zero-order valence-electron chi connectivity index (χ0n) is 42.2. The first kappa shape index (κ1) is 63.5. The summed E-state index contributed by atoms with van der Waals surface area (Å²) >= 11 is 0. The molecule has 8 aromatic carbocycles. The molecule has 8 rings (SSSR count). The summed E-state index contributed by atoms with van der Waals surface area (Å²) in [4.78, 5) is -8.97. The molecule has 0 aromatic heterocycles. The van der Waals surface area contributed by atoms with Crippen molar-refractivity contribution in [2.24, 2.45) is 40.9 Å². The maximum Gasteiger partial charge on any atom is 0.297 e. The van der Waals surface area contributed by atoms with Crippen molar-refractivity contribution < 1.29 is 110 Å². The number of hydrogen-bond acceptors (Lipinski definition) is 28. The molecule has 0 saturated carbocycles. The maximum absolute atomic E-state index is 13.1. The Kier molecular flexibility index (Phi) is 16.1. The van der Waals surface area contributed by atoms with Gasteiger partial charge in [-0.3, -0.25) is 27.3 Å². The minimum absolute atomic E-state index is 0.136. The van der Waals surface area contributed by atoms with Crippen molar-refractivity contribution in [1.29, 1.82) is 0 Å². The highest BCUT2D eigenvalue weighted by Gasteiger charge is 2.33. The summed E-state index contributed by atoms with van der Waals surface area (Å²) in [5, 5.41) is 57.9. The topological polar surface area (TPSA) is 580 Å². The summed E-state index contributed by atoms with van der Waals surface area (Å²) in [5.41, 5.74) is -1.74. The summed E-state index contributed by atoms with van der Waals surface area (Å²) in [7, 11) is -41.5. The Hall–Kier alpha value is -8.50. The third-order valence-electron chi connectivity index (χ3n) is 11.9. The van der Waals surface area contributed by atoms with Gasteiger partial charge in [-0.15, -0.1) is 30.7 Å². The molecule has 0 radical (unpaired) electrons. The average Bonchev–Trinajstić information content (AvgIpc) is 0.786. The van der Waals surface area contributed by atoms with E-state index in [-0.39, 0.29) is 27.2 Å². The highest BCUT2D eigenvalue weighted by Crippen LogP contribution is 2.51. The number of aromatic hydroxyl groups is 3. The van der Waals surface area contributed by atoms with Gasteiger partial charge in [0.1, 0.15) is 63.5 Å². The molecule has 0 spiro atoms. The van der Waals surface area contributed by atoms with Crippen LogP contribution < -0.4 is 5.73 Å². The first-order valence-electron chi connectivity index (χ1n) is 22.3. The Labute approximate surface area is 483 Å². The lowest BCUT2D eigenvalue weighted by Crippen LogP contribution is -2.05. The lowest BCUT2D eigenvalue weighted by Gasteiger charge is -2.15. The normalized spacial score (nSPS) is 13.6. The molecule has 0 amide bonds. The van der Waals surface area contributed by atoms with Gasteiger partial charge in [-0.2, -0.15) is 60.7 Å². The smallest absolute Gasteiger partial charge is 0.297 e. The quantitative estimate of drug-likeness (QED) is 0.0250. The molecule has 86 heavy (non-hydrogen) atoms. The average molecular weight is 1340 g/mol. The number of anilines is 1. The molecule has 11 N–H and O–H groups in total. The van der Waals surface area contributed by atoms with Gasteiger partial charge in [-0.05, 0) is 97.1 Å². The SMILES string of the molecule is CS(=O)(=O)c1ccc(/N=N\c2c(S(=O)(=O)O)cc3c(S(=O)(=O)O)c(N=Nc4cc(S(=O)(=O)O)c5cc(S(=O)(=O)O)c(/N=N\c6ccc7c(O)c(/N=N\c8ccc(S(C)(=O)=O)cc8)c(S(=O)(=O)O)cc7c6S(=O)(=O)O)c(O)c5c4N)ccc3c2O)cc1. The maximum atomic E-state index is 13.1. The second-order valence-corrected chi connectivity index (χ2v) is 30.0. The first-order valence-corrected chi connectivity index (χ1v) is 34.7. The Bertz CT molecular complexity index is 5420. The second-order valence-electron chi connectivity index (χ2n) is 17.6. The van der Waals surface area contributed by atoms with Gasteiger partial charge in [0.05, 0.1) is 32.2 Å². The number of nitrogens with two attached hydrogens (primary N) is 1. The molecule has 0 bridgehead atoms. The van der Waals surface area contributed by atoms with Crippen LogP contribution in [0.25, 0.3) is 32.3 Å². The standard InChI is InChI=1S/C44H33N9O25S8/c1-79(57,58)21-7-3-19(4-8-21)46-51-37-32(82(64,65)66)15-25-23(40(37)54)11-13-28(43(25)85(73,74)75)48-50-30-18-31(81(61,62)63)27-17-34(84(70,71)72)39(42(56)35(27)36(30)45)53-49-29-14-12-24-26(44(29)86(76,77)78)16-33(83(67,68)69)38(41(24)55)52-47-20-5-9-22(10-6-20)80(2,59)60/h3-18,54-56H,45H2,1-2H3,(H,61,62,63)(H,64,65,66)(H,67,68,69)(H,70,71,72)(H,73,74,75)(H,76,77,78)/b50-48?,51-46-,52-47-,53-49-. The van der Waals surface area contributed by atoms with Crippen molar-refractivity contribution in [3.8, 4) is 17.2 Å². The Balaban J connectivity index is 1.30. The van der Waals surface area contributed by atoms with Gasteiger partial charge in [0.15, 0.2) is 36.9 Å². The van der Waals surface area contributed by atoms with Crippen LogP contribution in [0.5, 0.6) is 17.2 Å². The van der Waals surface area contributed by atoms with Crippen molar-refractivity contribution in [3.05, 3.63) is 97.1 Å². The van der Waals surface area contributed by atoms with Crippen molar-refractivity contribution in [2.75, 3.05) is 18.2 Å². The van der Waals surface area contributed by atoms with Gasteiger partial charge in [0, 0.05) is 39.4 Å². The van der Waals surface area contributed by atoms with E-state index in [1.807, 2.05) is 0 Å². The van der Waals surface area contributed by atoms with E-state index in [4.69, 9.17) is 5.73 Å². The molecule has 0 heterocycles. The number of sulfone groups is 2. The Morgan fingerprint density at radius 3 is 0.977 bits per heavy atom. The van der Waals surface area contributed by atoms with E-state index in [0.29, 0.717) is 30.3 Å². The molecule has 452 valence electrons. The van der Waals surface area contributed by atoms with Crippen LogP contribution in [0.15, 0.2) is 177 Å². The molecule has 0 aliphatic heterocycles. The number of nitrogen functional groups attached to an aromatic ring is 1. The molecule has 0 aliphatic carbocycles. The first-order chi connectivity index (χ1) is 39.4. The number of phenolic OH excluding ortho intramolecular Hbond substituents is 3. The van der Waals surface area contributed by atoms with Crippen LogP contribution in [0.3, 0.4) is 0 Å². The molecule has 0 fully saturated rings. The highest BCUT2D eigenvalue weighted by molar-refractivity contribution is 7.91. The molecule has 0 unspecified atom stereocenters. The van der Waals surface area contributed by atoms with E-state index in [9.17, 15) is 110 Å². The zero-order chi connectivity index (χ0) is 64.0. The molecular formula is C44H33N9O25S8. The predicted octanol–water partition coefficient (Wildman–Crippen LogP) is 7.79. The highest BCUT2D eigenvalue weighted by atomic mass is 32.2. The monoisotopic (exact) mass is 1340 g/mol. The molecule has 34 nitrogen and oxygen atoms in total. The van der Waals surface area contributed by atoms with Crippen LogP contribution in [-0.4, -0.2) is 122 Å². The number of benzene rings is 8. The molecule has 42 heteroatoms. The van der Waals surface area contributed by atoms with Crippen molar-refractivity contribution in [2.45, 2.75) is 39.2 Å². The van der Waals surface area contributed by atoms with E-state index < -0.39 is 199 Å². The molecule has 0 saturated heterocycles. The summed E-state index contributed by atoms with van der Waals surface area (Å²) in [6.07, 6.45) is 1.79. The molecule has 8 aromatic rings.